The van der Waals surface area contributed by atoms with Crippen LogP contribution in [0, 0.1) is 6.92 Å². The Bertz CT molecular complexity index is 693. The largest absolute Gasteiger partial charge is 0.480 e. The molecule has 0 saturated heterocycles. The number of carboxylic acid groups (broad SMARTS) is 1. The van der Waals surface area contributed by atoms with Crippen molar-refractivity contribution >= 4 is 22.8 Å². The Balaban J connectivity index is 2.45. The van der Waals surface area contributed by atoms with E-state index in [9.17, 15) is 9.59 Å². The zero-order chi connectivity index (χ0) is 14.9. The molecule has 1 amide bonds. The van der Waals surface area contributed by atoms with Crippen molar-refractivity contribution in [2.24, 2.45) is 0 Å². The average molecular weight is 272 g/mol. The van der Waals surface area contributed by atoms with Crippen molar-refractivity contribution in [3.05, 3.63) is 41.6 Å². The highest BCUT2D eigenvalue weighted by atomic mass is 16.4. The highest BCUT2D eigenvalue weighted by Gasteiger charge is 2.29. The summed E-state index contributed by atoms with van der Waals surface area (Å²) < 4.78 is 0. The van der Waals surface area contributed by atoms with E-state index in [0.29, 0.717) is 11.1 Å². The number of carbonyl (C=O) groups is 2. The zero-order valence-corrected chi connectivity index (χ0v) is 11.6. The summed E-state index contributed by atoms with van der Waals surface area (Å²) in [6.07, 6.45) is 0. The Morgan fingerprint density at radius 2 is 1.90 bits per heavy atom. The number of rotatable bonds is 3. The van der Waals surface area contributed by atoms with E-state index in [0.717, 1.165) is 11.1 Å². The fourth-order valence-corrected chi connectivity index (χ4v) is 1.83. The first kappa shape index (κ1) is 14.0. The second-order valence-electron chi connectivity index (χ2n) is 5.21. The van der Waals surface area contributed by atoms with Gasteiger partial charge in [-0.25, -0.2) is 4.79 Å². The van der Waals surface area contributed by atoms with Gasteiger partial charge in [0.05, 0.1) is 11.1 Å². The number of amides is 1. The van der Waals surface area contributed by atoms with Gasteiger partial charge in [0.1, 0.15) is 5.54 Å². The first-order chi connectivity index (χ1) is 9.31. The molecule has 20 heavy (non-hydrogen) atoms. The van der Waals surface area contributed by atoms with Crippen LogP contribution in [0.2, 0.25) is 0 Å². The number of benzene rings is 1. The predicted molar refractivity (Wildman–Crippen MR) is 75.7 cm³/mol. The lowest BCUT2D eigenvalue weighted by atomic mass is 10.0. The minimum Gasteiger partial charge on any atom is -0.480 e. The molecule has 0 radical (unpaired) electrons. The summed E-state index contributed by atoms with van der Waals surface area (Å²) in [4.78, 5) is 27.7. The van der Waals surface area contributed by atoms with Crippen LogP contribution >= 0.6 is 0 Å². The Morgan fingerprint density at radius 1 is 1.20 bits per heavy atom. The number of hydrogen-bond acceptors (Lipinski definition) is 3. The number of nitrogens with one attached hydrogen (secondary N) is 1. The number of nitrogens with zero attached hydrogens (tertiary/aromatic N) is 1. The monoisotopic (exact) mass is 272 g/mol. The third-order valence-electron chi connectivity index (χ3n) is 3.06. The minimum absolute atomic E-state index is 0.375. The smallest absolute Gasteiger partial charge is 0.328 e. The average Bonchev–Trinajstić information content (AvgIpc) is 2.37. The molecular weight excluding hydrogens is 256 g/mol. The molecule has 0 aliphatic heterocycles. The molecule has 0 bridgehead atoms. The van der Waals surface area contributed by atoms with Gasteiger partial charge < -0.3 is 10.4 Å². The standard InChI is InChI=1S/C15H16N2O3/c1-9-7-8-10-5-4-6-11(12(10)16-9)13(18)17-15(2,3)14(19)20/h4-8H,1-3H3,(H,17,18)(H,19,20). The predicted octanol–water partition coefficient (Wildman–Crippen LogP) is 2.14. The molecule has 2 rings (SSSR count). The van der Waals surface area contributed by atoms with Crippen LogP contribution in [-0.2, 0) is 4.79 Å². The Kier molecular flexibility index (Phi) is 3.44. The Hall–Kier alpha value is -2.43. The molecule has 2 N–H and O–H groups in total. The third kappa shape index (κ3) is 2.61. The van der Waals surface area contributed by atoms with Gasteiger partial charge in [-0.05, 0) is 32.9 Å². The van der Waals surface area contributed by atoms with Crippen LogP contribution in [0.25, 0.3) is 10.9 Å². The summed E-state index contributed by atoms with van der Waals surface area (Å²) in [6, 6.07) is 9.01. The number of aromatic nitrogens is 1. The molecule has 0 aliphatic carbocycles. The fourth-order valence-electron chi connectivity index (χ4n) is 1.83. The van der Waals surface area contributed by atoms with Gasteiger partial charge >= 0.3 is 5.97 Å². The summed E-state index contributed by atoms with van der Waals surface area (Å²) in [7, 11) is 0. The number of aliphatic carboxylic acids is 1. The van der Waals surface area contributed by atoms with Crippen LogP contribution in [0.5, 0.6) is 0 Å². The maximum absolute atomic E-state index is 12.3. The van der Waals surface area contributed by atoms with Gasteiger partial charge in [-0.1, -0.05) is 18.2 Å². The minimum atomic E-state index is -1.33. The second kappa shape index (κ2) is 4.92. The first-order valence-corrected chi connectivity index (χ1v) is 6.23. The fraction of sp³-hybridized carbons (Fsp3) is 0.267. The number of carboxylic acids is 1. The summed E-state index contributed by atoms with van der Waals surface area (Å²) in [5, 5.41) is 12.4. The van der Waals surface area contributed by atoms with Crippen molar-refractivity contribution in [2.45, 2.75) is 26.3 Å². The van der Waals surface area contributed by atoms with E-state index < -0.39 is 17.4 Å². The van der Waals surface area contributed by atoms with Gasteiger partial charge in [0, 0.05) is 11.1 Å². The van der Waals surface area contributed by atoms with Gasteiger partial charge in [-0.15, -0.1) is 0 Å². The van der Waals surface area contributed by atoms with Gasteiger partial charge in [0.15, 0.2) is 0 Å². The molecule has 1 aromatic heterocycles. The molecule has 104 valence electrons. The Morgan fingerprint density at radius 3 is 2.55 bits per heavy atom. The molecule has 0 atom stereocenters. The molecule has 5 heteroatoms. The van der Waals surface area contributed by atoms with Crippen molar-refractivity contribution < 1.29 is 14.7 Å². The molecule has 2 aromatic rings. The number of fused-ring (bicyclic) bond motifs is 1. The molecule has 0 aliphatic rings. The molecule has 1 heterocycles. The van der Waals surface area contributed by atoms with Crippen LogP contribution in [0.1, 0.15) is 29.9 Å². The van der Waals surface area contributed by atoms with Crippen LogP contribution in [0.3, 0.4) is 0 Å². The number of hydrogen-bond donors (Lipinski definition) is 2. The highest BCUT2D eigenvalue weighted by Crippen LogP contribution is 2.18. The van der Waals surface area contributed by atoms with Crippen LogP contribution in [0.4, 0.5) is 0 Å². The van der Waals surface area contributed by atoms with Gasteiger partial charge in [0.25, 0.3) is 5.91 Å². The van der Waals surface area contributed by atoms with Gasteiger partial charge in [-0.3, -0.25) is 9.78 Å². The SMILES string of the molecule is Cc1ccc2cccc(C(=O)NC(C)(C)C(=O)O)c2n1. The summed E-state index contributed by atoms with van der Waals surface area (Å²) in [5.74, 6) is -1.53. The van der Waals surface area contributed by atoms with E-state index in [4.69, 9.17) is 5.11 Å². The summed E-state index contributed by atoms with van der Waals surface area (Å²) in [6.45, 7) is 4.73. The van der Waals surface area contributed by atoms with Gasteiger partial charge in [-0.2, -0.15) is 0 Å². The van der Waals surface area contributed by atoms with Crippen molar-refractivity contribution in [2.75, 3.05) is 0 Å². The second-order valence-corrected chi connectivity index (χ2v) is 5.21. The molecule has 0 unspecified atom stereocenters. The molecule has 0 saturated carbocycles. The number of para-hydroxylation sites is 1. The van der Waals surface area contributed by atoms with Crippen LogP contribution in [-0.4, -0.2) is 27.5 Å². The molecule has 0 spiro atoms. The van der Waals surface area contributed by atoms with Crippen molar-refractivity contribution in [1.82, 2.24) is 10.3 Å². The lowest BCUT2D eigenvalue weighted by molar-refractivity contribution is -0.143. The molecule has 5 nitrogen and oxygen atoms in total. The quantitative estimate of drug-likeness (QED) is 0.897. The zero-order valence-electron chi connectivity index (χ0n) is 11.6. The van der Waals surface area contributed by atoms with Crippen molar-refractivity contribution in [3.63, 3.8) is 0 Å². The lowest BCUT2D eigenvalue weighted by Crippen LogP contribution is -2.49. The Labute approximate surface area is 116 Å². The van der Waals surface area contributed by atoms with Crippen molar-refractivity contribution in [3.8, 4) is 0 Å². The van der Waals surface area contributed by atoms with E-state index in [1.807, 2.05) is 25.1 Å². The molecule has 1 aromatic carbocycles. The molecular formula is C15H16N2O3. The van der Waals surface area contributed by atoms with E-state index in [2.05, 4.69) is 10.3 Å². The summed E-state index contributed by atoms with van der Waals surface area (Å²) in [5.41, 5.74) is 0.422. The van der Waals surface area contributed by atoms with E-state index in [-0.39, 0.29) is 0 Å². The lowest BCUT2D eigenvalue weighted by Gasteiger charge is -2.21. The van der Waals surface area contributed by atoms with Crippen LogP contribution in [0.15, 0.2) is 30.3 Å². The summed E-state index contributed by atoms with van der Waals surface area (Å²) >= 11 is 0. The first-order valence-electron chi connectivity index (χ1n) is 6.23. The van der Waals surface area contributed by atoms with Crippen LogP contribution < -0.4 is 5.32 Å². The van der Waals surface area contributed by atoms with Gasteiger partial charge in [0.2, 0.25) is 0 Å². The number of aryl methyl sites for hydroxylation is 1. The third-order valence-corrected chi connectivity index (χ3v) is 3.06. The maximum Gasteiger partial charge on any atom is 0.328 e. The normalized spacial score (nSPS) is 11.3. The van der Waals surface area contributed by atoms with Crippen molar-refractivity contribution in [1.29, 1.82) is 0 Å². The van der Waals surface area contributed by atoms with E-state index in [1.165, 1.54) is 13.8 Å². The van der Waals surface area contributed by atoms with E-state index >= 15 is 0 Å². The molecule has 0 fully saturated rings. The number of pyridine rings is 1. The maximum atomic E-state index is 12.3. The number of carbonyl (C=O) groups excluding carboxylic acids is 1. The highest BCUT2D eigenvalue weighted by molar-refractivity contribution is 6.06. The topological polar surface area (TPSA) is 79.3 Å². The van der Waals surface area contributed by atoms with E-state index in [1.54, 1.807) is 12.1 Å².